The molecular formula is C11H8FN5. The maximum Gasteiger partial charge on any atom is 0.221 e. The zero-order valence-corrected chi connectivity index (χ0v) is 8.68. The lowest BCUT2D eigenvalue weighted by Crippen LogP contribution is -1.99. The minimum Gasteiger partial charge on any atom is -0.368 e. The van der Waals surface area contributed by atoms with Crippen LogP contribution in [0.1, 0.15) is 0 Å². The number of anilines is 1. The summed E-state index contributed by atoms with van der Waals surface area (Å²) >= 11 is 0. The molecule has 0 saturated carbocycles. The number of aromatic amines is 1. The monoisotopic (exact) mass is 229 g/mol. The van der Waals surface area contributed by atoms with Crippen molar-refractivity contribution in [3.63, 3.8) is 0 Å². The average Bonchev–Trinajstić information content (AvgIpc) is 2.83. The summed E-state index contributed by atoms with van der Waals surface area (Å²) in [5, 5.41) is 7.13. The van der Waals surface area contributed by atoms with E-state index in [1.54, 1.807) is 24.5 Å². The van der Waals surface area contributed by atoms with Crippen LogP contribution in [0.15, 0.2) is 30.6 Å². The van der Waals surface area contributed by atoms with Crippen LogP contribution in [0.25, 0.3) is 22.2 Å². The Morgan fingerprint density at radius 3 is 2.88 bits per heavy atom. The predicted octanol–water partition coefficient (Wildman–Crippen LogP) is 1.74. The van der Waals surface area contributed by atoms with Gasteiger partial charge in [-0.25, -0.2) is 14.4 Å². The molecule has 0 amide bonds. The lowest BCUT2D eigenvalue weighted by molar-refractivity contribution is 0.636. The minimum absolute atomic E-state index is 0.0406. The Morgan fingerprint density at radius 2 is 2.12 bits per heavy atom. The molecule has 17 heavy (non-hydrogen) atoms. The van der Waals surface area contributed by atoms with Gasteiger partial charge in [-0.2, -0.15) is 5.10 Å². The zero-order valence-electron chi connectivity index (χ0n) is 8.68. The number of benzene rings is 1. The molecule has 0 spiro atoms. The van der Waals surface area contributed by atoms with Crippen molar-refractivity contribution < 1.29 is 4.39 Å². The highest BCUT2D eigenvalue weighted by atomic mass is 19.1. The number of nitrogen functional groups attached to an aromatic ring is 1. The average molecular weight is 229 g/mol. The molecule has 3 N–H and O–H groups in total. The highest BCUT2D eigenvalue weighted by Crippen LogP contribution is 2.27. The Kier molecular flexibility index (Phi) is 2.01. The van der Waals surface area contributed by atoms with Gasteiger partial charge < -0.3 is 5.73 Å². The van der Waals surface area contributed by atoms with E-state index in [1.165, 1.54) is 6.07 Å². The number of para-hydroxylation sites is 1. The smallest absolute Gasteiger partial charge is 0.221 e. The second-order valence-electron chi connectivity index (χ2n) is 3.55. The number of nitrogens with two attached hydrogens (primary N) is 1. The van der Waals surface area contributed by atoms with Gasteiger partial charge in [-0.05, 0) is 6.07 Å². The summed E-state index contributed by atoms with van der Waals surface area (Å²) in [5.41, 5.74) is 7.11. The molecule has 84 valence electrons. The van der Waals surface area contributed by atoms with Crippen molar-refractivity contribution in [1.82, 2.24) is 20.2 Å². The molecule has 0 bridgehead atoms. The van der Waals surface area contributed by atoms with Crippen LogP contribution in [0.3, 0.4) is 0 Å². The Morgan fingerprint density at radius 1 is 1.24 bits per heavy atom. The molecule has 0 aliphatic carbocycles. The van der Waals surface area contributed by atoms with Crippen molar-refractivity contribution in [2.75, 3.05) is 5.73 Å². The summed E-state index contributed by atoms with van der Waals surface area (Å²) in [7, 11) is 0. The van der Waals surface area contributed by atoms with Gasteiger partial charge in [-0.15, -0.1) is 0 Å². The van der Waals surface area contributed by atoms with Crippen LogP contribution in [0.2, 0.25) is 0 Å². The van der Waals surface area contributed by atoms with Crippen LogP contribution in [0.5, 0.6) is 0 Å². The van der Waals surface area contributed by atoms with Gasteiger partial charge in [-0.1, -0.05) is 12.1 Å². The largest absolute Gasteiger partial charge is 0.368 e. The summed E-state index contributed by atoms with van der Waals surface area (Å²) in [6, 6.07) is 4.70. The van der Waals surface area contributed by atoms with E-state index in [1.807, 2.05) is 0 Å². The standard InChI is InChI=1S/C11H8FN5/c12-8-3-1-2-7-9(6-4-14-15-5-6)16-11(13)17-10(7)8/h1-5H,(H,14,15)(H2,13,16,17). The van der Waals surface area contributed by atoms with Crippen LogP contribution < -0.4 is 5.73 Å². The van der Waals surface area contributed by atoms with Gasteiger partial charge in [0, 0.05) is 17.1 Å². The number of H-pyrrole nitrogens is 1. The van der Waals surface area contributed by atoms with E-state index in [0.717, 1.165) is 5.56 Å². The quantitative estimate of drug-likeness (QED) is 0.666. The Labute approximate surface area is 95.5 Å². The predicted molar refractivity (Wildman–Crippen MR) is 61.5 cm³/mol. The summed E-state index contributed by atoms with van der Waals surface area (Å²) in [6.07, 6.45) is 3.28. The molecule has 0 atom stereocenters. The molecular weight excluding hydrogens is 221 g/mol. The minimum atomic E-state index is -0.415. The van der Waals surface area contributed by atoms with Gasteiger partial charge in [0.1, 0.15) is 11.3 Å². The van der Waals surface area contributed by atoms with Gasteiger partial charge in [0.2, 0.25) is 5.95 Å². The summed E-state index contributed by atoms with van der Waals surface area (Å²) in [6.45, 7) is 0. The van der Waals surface area contributed by atoms with E-state index in [2.05, 4.69) is 20.2 Å². The van der Waals surface area contributed by atoms with E-state index in [-0.39, 0.29) is 11.5 Å². The summed E-state index contributed by atoms with van der Waals surface area (Å²) in [5.74, 6) is -0.375. The number of fused-ring (bicyclic) bond motifs is 1. The molecule has 0 aliphatic rings. The highest BCUT2D eigenvalue weighted by molar-refractivity contribution is 5.93. The third kappa shape index (κ3) is 1.50. The van der Waals surface area contributed by atoms with E-state index in [9.17, 15) is 4.39 Å². The maximum absolute atomic E-state index is 13.6. The lowest BCUT2D eigenvalue weighted by Gasteiger charge is -2.05. The third-order valence-electron chi connectivity index (χ3n) is 2.47. The maximum atomic E-state index is 13.6. The first kappa shape index (κ1) is 9.71. The van der Waals surface area contributed by atoms with Crippen molar-refractivity contribution in [2.24, 2.45) is 0 Å². The van der Waals surface area contributed by atoms with E-state index < -0.39 is 5.82 Å². The fraction of sp³-hybridized carbons (Fsp3) is 0. The van der Waals surface area contributed by atoms with Crippen molar-refractivity contribution in [1.29, 1.82) is 0 Å². The second-order valence-corrected chi connectivity index (χ2v) is 3.55. The van der Waals surface area contributed by atoms with Gasteiger partial charge in [-0.3, -0.25) is 5.10 Å². The van der Waals surface area contributed by atoms with Crippen LogP contribution in [-0.2, 0) is 0 Å². The number of halogens is 1. The number of aromatic nitrogens is 4. The Hall–Kier alpha value is -2.50. The lowest BCUT2D eigenvalue weighted by atomic mass is 10.1. The third-order valence-corrected chi connectivity index (χ3v) is 2.47. The van der Waals surface area contributed by atoms with Crippen LogP contribution in [-0.4, -0.2) is 20.2 Å². The first-order chi connectivity index (χ1) is 8.25. The molecule has 1 aromatic carbocycles. The molecule has 0 radical (unpaired) electrons. The topological polar surface area (TPSA) is 80.5 Å². The first-order valence-corrected chi connectivity index (χ1v) is 4.96. The van der Waals surface area contributed by atoms with E-state index >= 15 is 0 Å². The number of rotatable bonds is 1. The van der Waals surface area contributed by atoms with Crippen LogP contribution in [0.4, 0.5) is 10.3 Å². The fourth-order valence-electron chi connectivity index (χ4n) is 1.73. The zero-order chi connectivity index (χ0) is 11.8. The molecule has 0 unspecified atom stereocenters. The van der Waals surface area contributed by atoms with E-state index in [0.29, 0.717) is 11.1 Å². The summed E-state index contributed by atoms with van der Waals surface area (Å²) in [4.78, 5) is 8.03. The molecule has 6 heteroatoms. The SMILES string of the molecule is Nc1nc(-c2cn[nH]c2)c2cccc(F)c2n1. The second kappa shape index (κ2) is 3.51. The summed E-state index contributed by atoms with van der Waals surface area (Å²) < 4.78 is 13.6. The fourth-order valence-corrected chi connectivity index (χ4v) is 1.73. The van der Waals surface area contributed by atoms with Crippen molar-refractivity contribution in [2.45, 2.75) is 0 Å². The molecule has 5 nitrogen and oxygen atoms in total. The van der Waals surface area contributed by atoms with Crippen LogP contribution >= 0.6 is 0 Å². The molecule has 3 aromatic rings. The molecule has 0 saturated heterocycles. The van der Waals surface area contributed by atoms with Crippen molar-refractivity contribution in [3.05, 3.63) is 36.4 Å². The van der Waals surface area contributed by atoms with Gasteiger partial charge in [0.05, 0.1) is 11.9 Å². The normalized spacial score (nSPS) is 10.9. The number of hydrogen-bond donors (Lipinski definition) is 2. The molecule has 0 aliphatic heterocycles. The molecule has 3 rings (SSSR count). The van der Waals surface area contributed by atoms with Crippen molar-refractivity contribution >= 4 is 16.9 Å². The van der Waals surface area contributed by atoms with Gasteiger partial charge in [0.15, 0.2) is 0 Å². The van der Waals surface area contributed by atoms with Gasteiger partial charge in [0.25, 0.3) is 0 Å². The number of nitrogens with zero attached hydrogens (tertiary/aromatic N) is 3. The molecule has 2 aromatic heterocycles. The highest BCUT2D eigenvalue weighted by Gasteiger charge is 2.11. The van der Waals surface area contributed by atoms with Gasteiger partial charge >= 0.3 is 0 Å². The molecule has 0 fully saturated rings. The van der Waals surface area contributed by atoms with E-state index in [4.69, 9.17) is 5.73 Å². The number of hydrogen-bond acceptors (Lipinski definition) is 4. The Bertz CT molecular complexity index is 678. The first-order valence-electron chi connectivity index (χ1n) is 4.96. The van der Waals surface area contributed by atoms with Crippen LogP contribution in [0, 0.1) is 5.82 Å². The number of nitrogens with one attached hydrogen (secondary N) is 1. The molecule has 2 heterocycles. The van der Waals surface area contributed by atoms with Crippen molar-refractivity contribution in [3.8, 4) is 11.3 Å². The Balaban J connectivity index is 2.42.